The molecule has 18 heavy (non-hydrogen) atoms. The van der Waals surface area contributed by atoms with Crippen molar-refractivity contribution in [1.29, 1.82) is 0 Å². The lowest BCUT2D eigenvalue weighted by Gasteiger charge is -2.15. The molecule has 0 aliphatic rings. The Morgan fingerprint density at radius 1 is 1.33 bits per heavy atom. The standard InChI is InChI=1S/C7H6ClF4N3O2S/c8-6-13-1-4(2-14-6)18(16,17)15-3-7(11,12)5(9)10/h1-2,5,15H,3H2. The van der Waals surface area contributed by atoms with Crippen molar-refractivity contribution in [2.45, 2.75) is 17.2 Å². The van der Waals surface area contributed by atoms with E-state index in [0.29, 0.717) is 0 Å². The molecule has 1 rings (SSSR count). The van der Waals surface area contributed by atoms with Gasteiger partial charge in [-0.05, 0) is 11.6 Å². The third kappa shape index (κ3) is 3.75. The van der Waals surface area contributed by atoms with Gasteiger partial charge in [0.15, 0.2) is 0 Å². The summed E-state index contributed by atoms with van der Waals surface area (Å²) in [6.45, 7) is -1.73. The summed E-state index contributed by atoms with van der Waals surface area (Å²) in [6.07, 6.45) is -2.45. The van der Waals surface area contributed by atoms with Gasteiger partial charge in [-0.3, -0.25) is 0 Å². The number of rotatable bonds is 5. The molecule has 0 atom stereocenters. The highest BCUT2D eigenvalue weighted by Gasteiger charge is 2.41. The van der Waals surface area contributed by atoms with Crippen molar-refractivity contribution in [2.75, 3.05) is 6.54 Å². The number of hydrogen-bond donors (Lipinski definition) is 1. The van der Waals surface area contributed by atoms with Gasteiger partial charge in [0.2, 0.25) is 15.3 Å². The second-order valence-electron chi connectivity index (χ2n) is 3.07. The molecule has 0 spiro atoms. The Balaban J connectivity index is 2.81. The van der Waals surface area contributed by atoms with Gasteiger partial charge < -0.3 is 0 Å². The van der Waals surface area contributed by atoms with Crippen molar-refractivity contribution in [3.8, 4) is 0 Å². The maximum Gasteiger partial charge on any atom is 0.320 e. The molecule has 0 amide bonds. The van der Waals surface area contributed by atoms with Crippen molar-refractivity contribution in [2.24, 2.45) is 0 Å². The van der Waals surface area contributed by atoms with Gasteiger partial charge in [-0.15, -0.1) is 0 Å². The first-order chi connectivity index (χ1) is 8.15. The summed E-state index contributed by atoms with van der Waals surface area (Å²) in [5, 5.41) is -0.244. The largest absolute Gasteiger partial charge is 0.320 e. The summed E-state index contributed by atoms with van der Waals surface area (Å²) in [7, 11) is -4.39. The first-order valence-electron chi connectivity index (χ1n) is 4.28. The Morgan fingerprint density at radius 2 is 1.83 bits per heavy atom. The average molecular weight is 308 g/mol. The van der Waals surface area contributed by atoms with Crippen LogP contribution in [0.25, 0.3) is 0 Å². The second kappa shape index (κ2) is 5.33. The number of aromatic nitrogens is 2. The average Bonchev–Trinajstić information content (AvgIpc) is 2.27. The van der Waals surface area contributed by atoms with E-state index in [1.54, 1.807) is 0 Å². The molecule has 0 saturated carbocycles. The zero-order chi connectivity index (χ0) is 14.0. The van der Waals surface area contributed by atoms with Gasteiger partial charge in [-0.25, -0.2) is 31.9 Å². The molecular weight excluding hydrogens is 302 g/mol. The van der Waals surface area contributed by atoms with Crippen LogP contribution < -0.4 is 4.72 Å². The van der Waals surface area contributed by atoms with Crippen LogP contribution in [-0.2, 0) is 10.0 Å². The number of nitrogens with zero attached hydrogens (tertiary/aromatic N) is 2. The number of hydrogen-bond acceptors (Lipinski definition) is 4. The molecule has 0 unspecified atom stereocenters. The lowest BCUT2D eigenvalue weighted by atomic mass is 10.4. The fraction of sp³-hybridized carbons (Fsp3) is 0.429. The van der Waals surface area contributed by atoms with Crippen LogP contribution in [0.2, 0.25) is 5.28 Å². The third-order valence-electron chi connectivity index (χ3n) is 1.72. The molecule has 1 N–H and O–H groups in total. The Morgan fingerprint density at radius 3 is 2.28 bits per heavy atom. The van der Waals surface area contributed by atoms with E-state index in [-0.39, 0.29) is 5.28 Å². The van der Waals surface area contributed by atoms with Gasteiger partial charge in [0.25, 0.3) is 0 Å². The minimum atomic E-state index is -4.46. The van der Waals surface area contributed by atoms with E-state index >= 15 is 0 Å². The van der Waals surface area contributed by atoms with Crippen LogP contribution in [-0.4, -0.2) is 37.3 Å². The predicted molar refractivity (Wildman–Crippen MR) is 53.2 cm³/mol. The molecular formula is C7H6ClF4N3O2S. The summed E-state index contributed by atoms with van der Waals surface area (Å²) in [5.74, 6) is -4.46. The lowest BCUT2D eigenvalue weighted by molar-refractivity contribution is -0.122. The van der Waals surface area contributed by atoms with E-state index in [0.717, 1.165) is 12.4 Å². The zero-order valence-corrected chi connectivity index (χ0v) is 10.0. The van der Waals surface area contributed by atoms with Crippen molar-refractivity contribution in [3.05, 3.63) is 17.7 Å². The SMILES string of the molecule is O=S(=O)(NCC(F)(F)C(F)F)c1cnc(Cl)nc1. The van der Waals surface area contributed by atoms with Crippen LogP contribution >= 0.6 is 11.6 Å². The second-order valence-corrected chi connectivity index (χ2v) is 5.18. The highest BCUT2D eigenvalue weighted by Crippen LogP contribution is 2.22. The third-order valence-corrected chi connectivity index (χ3v) is 3.28. The maximum atomic E-state index is 12.5. The van der Waals surface area contributed by atoms with Gasteiger partial charge >= 0.3 is 12.3 Å². The van der Waals surface area contributed by atoms with E-state index in [4.69, 9.17) is 11.6 Å². The minimum absolute atomic E-state index is 0.244. The van der Waals surface area contributed by atoms with Crippen LogP contribution in [0.1, 0.15) is 0 Å². The Kier molecular flexibility index (Phi) is 4.46. The van der Waals surface area contributed by atoms with E-state index in [9.17, 15) is 26.0 Å². The zero-order valence-electron chi connectivity index (χ0n) is 8.45. The van der Waals surface area contributed by atoms with Crippen LogP contribution in [0.15, 0.2) is 17.3 Å². The summed E-state index contributed by atoms with van der Waals surface area (Å²) < 4.78 is 72.8. The van der Waals surface area contributed by atoms with Crippen molar-refractivity contribution < 1.29 is 26.0 Å². The first-order valence-corrected chi connectivity index (χ1v) is 6.14. The van der Waals surface area contributed by atoms with Gasteiger partial charge in [-0.2, -0.15) is 8.78 Å². The Hall–Kier alpha value is -1.00. The van der Waals surface area contributed by atoms with Crippen molar-refractivity contribution in [1.82, 2.24) is 14.7 Å². The summed E-state index contributed by atoms with van der Waals surface area (Å²) in [4.78, 5) is 6.09. The van der Waals surface area contributed by atoms with E-state index in [1.807, 2.05) is 0 Å². The van der Waals surface area contributed by atoms with E-state index < -0.39 is 33.8 Å². The number of nitrogens with one attached hydrogen (secondary N) is 1. The Labute approximate surface area is 104 Å². The topological polar surface area (TPSA) is 72.0 Å². The smallest absolute Gasteiger partial charge is 0.225 e. The highest BCUT2D eigenvalue weighted by molar-refractivity contribution is 7.89. The number of sulfonamides is 1. The summed E-state index contributed by atoms with van der Waals surface area (Å²) in [6, 6.07) is 0. The van der Waals surface area contributed by atoms with Crippen LogP contribution in [0.5, 0.6) is 0 Å². The molecule has 0 aromatic carbocycles. The first kappa shape index (κ1) is 15.1. The normalized spacial score (nSPS) is 13.0. The number of alkyl halides is 4. The fourth-order valence-corrected chi connectivity index (χ4v) is 1.82. The Bertz CT molecular complexity index is 508. The molecule has 1 aromatic heterocycles. The van der Waals surface area contributed by atoms with Crippen LogP contribution in [0.3, 0.4) is 0 Å². The maximum absolute atomic E-state index is 12.5. The van der Waals surface area contributed by atoms with Gasteiger partial charge in [0.1, 0.15) is 4.90 Å². The minimum Gasteiger partial charge on any atom is -0.225 e. The van der Waals surface area contributed by atoms with E-state index in [2.05, 4.69) is 9.97 Å². The molecule has 0 fully saturated rings. The molecule has 0 aliphatic carbocycles. The molecule has 11 heteroatoms. The summed E-state index contributed by atoms with van der Waals surface area (Å²) in [5.41, 5.74) is 0. The van der Waals surface area contributed by atoms with E-state index in [1.165, 1.54) is 4.72 Å². The lowest BCUT2D eigenvalue weighted by Crippen LogP contribution is -2.41. The van der Waals surface area contributed by atoms with Crippen LogP contribution in [0, 0.1) is 0 Å². The molecule has 1 heterocycles. The molecule has 0 radical (unpaired) electrons. The number of halogens is 5. The fourth-order valence-electron chi connectivity index (χ4n) is 0.791. The van der Waals surface area contributed by atoms with Gasteiger partial charge in [-0.1, -0.05) is 0 Å². The molecule has 0 saturated heterocycles. The highest BCUT2D eigenvalue weighted by atomic mass is 35.5. The quantitative estimate of drug-likeness (QED) is 0.657. The van der Waals surface area contributed by atoms with Crippen LogP contribution in [0.4, 0.5) is 17.6 Å². The van der Waals surface area contributed by atoms with Gasteiger partial charge in [0.05, 0.1) is 18.9 Å². The molecule has 0 bridgehead atoms. The molecule has 5 nitrogen and oxygen atoms in total. The molecule has 0 aliphatic heterocycles. The predicted octanol–water partition coefficient (Wildman–Crippen LogP) is 1.31. The van der Waals surface area contributed by atoms with Gasteiger partial charge in [0, 0.05) is 0 Å². The summed E-state index contributed by atoms with van der Waals surface area (Å²) >= 11 is 5.30. The molecule has 102 valence electrons. The monoisotopic (exact) mass is 307 g/mol. The molecule has 1 aromatic rings. The van der Waals surface area contributed by atoms with Crippen molar-refractivity contribution >= 4 is 21.6 Å². The van der Waals surface area contributed by atoms with Crippen molar-refractivity contribution in [3.63, 3.8) is 0 Å².